The Morgan fingerprint density at radius 2 is 1.50 bits per heavy atom. The molecule has 0 radical (unpaired) electrons. The van der Waals surface area contributed by atoms with Gasteiger partial charge in [0.05, 0.1) is 6.54 Å². The van der Waals surface area contributed by atoms with Crippen molar-refractivity contribution >= 4 is 17.8 Å². The van der Waals surface area contributed by atoms with Crippen LogP contribution in [0.1, 0.15) is 33.5 Å². The number of imide groups is 1. The molecule has 1 unspecified atom stereocenters. The van der Waals surface area contributed by atoms with E-state index in [-0.39, 0.29) is 18.0 Å². The molecule has 162 valence electrons. The third-order valence-corrected chi connectivity index (χ3v) is 5.73. The van der Waals surface area contributed by atoms with Crippen LogP contribution in [0.25, 0.3) is 0 Å². The molecule has 7 nitrogen and oxygen atoms in total. The highest BCUT2D eigenvalue weighted by Crippen LogP contribution is 2.34. The second kappa shape index (κ2) is 9.03. The monoisotopic (exact) mass is 429 g/mol. The van der Waals surface area contributed by atoms with Crippen molar-refractivity contribution < 1.29 is 19.6 Å². The average Bonchev–Trinajstić information content (AvgIpc) is 3.09. The first-order valence-electron chi connectivity index (χ1n) is 10.3. The summed E-state index contributed by atoms with van der Waals surface area (Å²) >= 11 is 0. The number of benzene rings is 3. The Balaban J connectivity index is 1.60. The fourth-order valence-electron chi connectivity index (χ4n) is 3.99. The van der Waals surface area contributed by atoms with Crippen molar-refractivity contribution in [1.29, 1.82) is 0 Å². The van der Waals surface area contributed by atoms with Gasteiger partial charge in [0.15, 0.2) is 0 Å². The van der Waals surface area contributed by atoms with Gasteiger partial charge >= 0.3 is 6.03 Å². The lowest BCUT2D eigenvalue weighted by Crippen LogP contribution is -2.44. The Morgan fingerprint density at radius 1 is 0.875 bits per heavy atom. The first kappa shape index (κ1) is 21.3. The molecule has 1 fully saturated rings. The van der Waals surface area contributed by atoms with Gasteiger partial charge in [0, 0.05) is 5.56 Å². The predicted molar refractivity (Wildman–Crippen MR) is 118 cm³/mol. The second-order valence-electron chi connectivity index (χ2n) is 7.72. The molecule has 0 saturated carbocycles. The van der Waals surface area contributed by atoms with E-state index in [9.17, 15) is 14.4 Å². The van der Waals surface area contributed by atoms with Crippen LogP contribution in [0.5, 0.6) is 0 Å². The van der Waals surface area contributed by atoms with Gasteiger partial charge in [0.2, 0.25) is 0 Å². The second-order valence-corrected chi connectivity index (χ2v) is 7.72. The van der Waals surface area contributed by atoms with Crippen molar-refractivity contribution in [3.63, 3.8) is 0 Å². The Labute approximate surface area is 185 Å². The van der Waals surface area contributed by atoms with E-state index in [1.165, 1.54) is 17.0 Å². The number of hydroxylamine groups is 1. The molecule has 0 aromatic heterocycles. The number of nitrogens with zero attached hydrogens (tertiary/aromatic N) is 1. The van der Waals surface area contributed by atoms with Gasteiger partial charge in [0.1, 0.15) is 5.54 Å². The highest BCUT2D eigenvalue weighted by molar-refractivity contribution is 6.07. The normalized spacial score (nSPS) is 17.8. The number of rotatable bonds is 7. The smallest absolute Gasteiger partial charge is 0.319 e. The third-order valence-electron chi connectivity index (χ3n) is 5.73. The van der Waals surface area contributed by atoms with Crippen LogP contribution in [-0.4, -0.2) is 28.0 Å². The first-order valence-corrected chi connectivity index (χ1v) is 10.3. The van der Waals surface area contributed by atoms with Crippen LogP contribution in [0.15, 0.2) is 84.9 Å². The van der Waals surface area contributed by atoms with E-state index in [0.29, 0.717) is 18.4 Å². The van der Waals surface area contributed by atoms with Gasteiger partial charge in [-0.15, -0.1) is 0 Å². The lowest BCUT2D eigenvalue weighted by molar-refractivity contribution is -0.132. The maximum atomic E-state index is 13.6. The molecule has 1 aliphatic rings. The van der Waals surface area contributed by atoms with Crippen LogP contribution >= 0.6 is 0 Å². The molecular formula is C25H23N3O4. The number of amides is 4. The lowest BCUT2D eigenvalue weighted by atomic mass is 9.84. The molecule has 4 amide bonds. The number of carbonyl (C=O) groups is 3. The molecule has 1 saturated heterocycles. The van der Waals surface area contributed by atoms with E-state index in [2.05, 4.69) is 5.32 Å². The number of hydrogen-bond acceptors (Lipinski definition) is 4. The zero-order chi connectivity index (χ0) is 22.6. The molecule has 3 aromatic carbocycles. The SMILES string of the molecule is O=C(NO)c1ccc(CN2C(=O)NC(CCc3ccccc3)(c3ccccc3)C2=O)cc1. The number of nitrogens with one attached hydrogen (secondary N) is 2. The molecule has 1 aliphatic heterocycles. The summed E-state index contributed by atoms with van der Waals surface area (Å²) in [6.45, 7) is 0.0750. The van der Waals surface area contributed by atoms with E-state index in [0.717, 1.165) is 11.1 Å². The number of carbonyl (C=O) groups excluding carboxylic acids is 3. The summed E-state index contributed by atoms with van der Waals surface area (Å²) in [5.74, 6) is -0.933. The van der Waals surface area contributed by atoms with Gasteiger partial charge in [-0.25, -0.2) is 10.3 Å². The summed E-state index contributed by atoms with van der Waals surface area (Å²) in [6.07, 6.45) is 1.05. The van der Waals surface area contributed by atoms with Crippen LogP contribution in [0.2, 0.25) is 0 Å². The Kier molecular flexibility index (Phi) is 6.00. The summed E-state index contributed by atoms with van der Waals surface area (Å²) in [5.41, 5.74) is 3.22. The zero-order valence-corrected chi connectivity index (χ0v) is 17.3. The van der Waals surface area contributed by atoms with Crippen LogP contribution in [0.4, 0.5) is 4.79 Å². The van der Waals surface area contributed by atoms with E-state index >= 15 is 0 Å². The summed E-state index contributed by atoms with van der Waals surface area (Å²) in [6, 6.07) is 25.0. The highest BCUT2D eigenvalue weighted by atomic mass is 16.5. The topological polar surface area (TPSA) is 98.7 Å². The van der Waals surface area contributed by atoms with Gasteiger partial charge in [-0.1, -0.05) is 72.8 Å². The number of aryl methyl sites for hydroxylation is 1. The molecule has 3 N–H and O–H groups in total. The molecule has 0 bridgehead atoms. The molecule has 7 heteroatoms. The van der Waals surface area contributed by atoms with Gasteiger partial charge in [-0.2, -0.15) is 0 Å². The summed E-state index contributed by atoms with van der Waals surface area (Å²) in [4.78, 5) is 39.3. The van der Waals surface area contributed by atoms with Crippen LogP contribution in [0, 0.1) is 0 Å². The number of urea groups is 1. The first-order chi connectivity index (χ1) is 15.5. The Hall–Kier alpha value is -3.97. The molecule has 0 spiro atoms. The van der Waals surface area contributed by atoms with Gasteiger partial charge < -0.3 is 5.32 Å². The maximum absolute atomic E-state index is 13.6. The summed E-state index contributed by atoms with van der Waals surface area (Å²) in [5, 5.41) is 11.7. The van der Waals surface area contributed by atoms with Crippen molar-refractivity contribution in [1.82, 2.24) is 15.7 Å². The highest BCUT2D eigenvalue weighted by Gasteiger charge is 2.51. The standard InChI is InChI=1S/C25H23N3O4/c29-22(27-32)20-13-11-19(12-14-20)17-28-23(30)25(26-24(28)31,21-9-5-2-6-10-21)16-15-18-7-3-1-4-8-18/h1-14,32H,15-17H2,(H,26,31)(H,27,29). The van der Waals surface area contributed by atoms with Crippen LogP contribution in [0.3, 0.4) is 0 Å². The zero-order valence-electron chi connectivity index (χ0n) is 17.3. The van der Waals surface area contributed by atoms with Crippen molar-refractivity contribution in [3.05, 3.63) is 107 Å². The Bertz CT molecular complexity index is 1120. The minimum atomic E-state index is -1.15. The average molecular weight is 429 g/mol. The maximum Gasteiger partial charge on any atom is 0.325 e. The number of hydrogen-bond donors (Lipinski definition) is 3. The quantitative estimate of drug-likeness (QED) is 0.305. The van der Waals surface area contributed by atoms with E-state index < -0.39 is 17.5 Å². The fraction of sp³-hybridized carbons (Fsp3) is 0.160. The van der Waals surface area contributed by atoms with Crippen LogP contribution < -0.4 is 10.8 Å². The van der Waals surface area contributed by atoms with Crippen molar-refractivity contribution in [3.8, 4) is 0 Å². The molecule has 1 heterocycles. The molecule has 1 atom stereocenters. The van der Waals surface area contributed by atoms with Crippen LogP contribution in [-0.2, 0) is 23.3 Å². The van der Waals surface area contributed by atoms with E-state index in [1.807, 2.05) is 60.7 Å². The van der Waals surface area contributed by atoms with Gasteiger partial charge in [-0.3, -0.25) is 19.7 Å². The minimum absolute atomic E-state index is 0.0750. The van der Waals surface area contributed by atoms with Crippen molar-refractivity contribution in [2.75, 3.05) is 0 Å². The van der Waals surface area contributed by atoms with Crippen molar-refractivity contribution in [2.45, 2.75) is 24.9 Å². The minimum Gasteiger partial charge on any atom is -0.319 e. The third kappa shape index (κ3) is 4.10. The summed E-state index contributed by atoms with van der Waals surface area (Å²) in [7, 11) is 0. The fourth-order valence-corrected chi connectivity index (χ4v) is 3.99. The molecule has 32 heavy (non-hydrogen) atoms. The summed E-state index contributed by atoms with van der Waals surface area (Å²) < 4.78 is 0. The molecule has 0 aliphatic carbocycles. The lowest BCUT2D eigenvalue weighted by Gasteiger charge is -2.27. The Morgan fingerprint density at radius 3 is 2.12 bits per heavy atom. The van der Waals surface area contributed by atoms with Gasteiger partial charge in [0.25, 0.3) is 11.8 Å². The molecule has 4 rings (SSSR count). The van der Waals surface area contributed by atoms with E-state index in [4.69, 9.17) is 5.21 Å². The largest absolute Gasteiger partial charge is 0.325 e. The molecular weight excluding hydrogens is 406 g/mol. The van der Waals surface area contributed by atoms with E-state index in [1.54, 1.807) is 17.6 Å². The van der Waals surface area contributed by atoms with Crippen molar-refractivity contribution in [2.24, 2.45) is 0 Å². The predicted octanol–water partition coefficient (Wildman–Crippen LogP) is 3.39. The molecule has 3 aromatic rings. The van der Waals surface area contributed by atoms with Gasteiger partial charge in [-0.05, 0) is 41.7 Å².